The van der Waals surface area contributed by atoms with Crippen LogP contribution >= 0.6 is 0 Å². The van der Waals surface area contributed by atoms with Crippen molar-refractivity contribution in [3.05, 3.63) is 0 Å². The number of rotatable bonds is 4. The standard InChI is InChI=1S/C16H30N2O2/c1-3-14-5-4-6-15(8-7-14)17-13(2)16(19)18-9-11-20-12-10-18/h13-15,17H,3-12H2,1-2H3. The van der Waals surface area contributed by atoms with Crippen molar-refractivity contribution in [1.29, 1.82) is 0 Å². The molecule has 0 aromatic carbocycles. The molecule has 0 bridgehead atoms. The van der Waals surface area contributed by atoms with Gasteiger partial charge >= 0.3 is 0 Å². The average molecular weight is 282 g/mol. The SMILES string of the molecule is CCC1CCCC(NC(C)C(=O)N2CCOCC2)CC1. The van der Waals surface area contributed by atoms with Crippen LogP contribution in [0.5, 0.6) is 0 Å². The van der Waals surface area contributed by atoms with Crippen LogP contribution in [0.2, 0.25) is 0 Å². The molecule has 1 saturated heterocycles. The highest BCUT2D eigenvalue weighted by molar-refractivity contribution is 5.81. The Kier molecular flexibility index (Phi) is 6.30. The topological polar surface area (TPSA) is 41.6 Å². The fourth-order valence-electron chi connectivity index (χ4n) is 3.44. The molecule has 4 nitrogen and oxygen atoms in total. The Balaban J connectivity index is 1.78. The molecule has 20 heavy (non-hydrogen) atoms. The summed E-state index contributed by atoms with van der Waals surface area (Å²) in [6.07, 6.45) is 7.72. The molecule has 1 amide bonds. The monoisotopic (exact) mass is 282 g/mol. The summed E-state index contributed by atoms with van der Waals surface area (Å²) in [5.41, 5.74) is 0. The Morgan fingerprint density at radius 2 is 2.00 bits per heavy atom. The molecule has 0 aromatic heterocycles. The van der Waals surface area contributed by atoms with E-state index in [9.17, 15) is 4.79 Å². The van der Waals surface area contributed by atoms with Gasteiger partial charge in [-0.25, -0.2) is 0 Å². The third-order valence-corrected chi connectivity index (χ3v) is 4.84. The van der Waals surface area contributed by atoms with Crippen molar-refractivity contribution >= 4 is 5.91 Å². The van der Waals surface area contributed by atoms with Crippen LogP contribution in [-0.4, -0.2) is 49.2 Å². The number of hydrogen-bond acceptors (Lipinski definition) is 3. The normalized spacial score (nSPS) is 29.8. The van der Waals surface area contributed by atoms with Crippen molar-refractivity contribution in [1.82, 2.24) is 10.2 Å². The first kappa shape index (κ1) is 15.8. The average Bonchev–Trinajstić information content (AvgIpc) is 2.72. The molecular weight excluding hydrogens is 252 g/mol. The number of carbonyl (C=O) groups excluding carboxylic acids is 1. The first-order valence-electron chi connectivity index (χ1n) is 8.33. The zero-order valence-corrected chi connectivity index (χ0v) is 13.1. The second kappa shape index (κ2) is 7.99. The van der Waals surface area contributed by atoms with Crippen molar-refractivity contribution in [2.24, 2.45) is 5.92 Å². The highest BCUT2D eigenvalue weighted by atomic mass is 16.5. The Hall–Kier alpha value is -0.610. The van der Waals surface area contributed by atoms with Crippen LogP contribution in [-0.2, 0) is 9.53 Å². The van der Waals surface area contributed by atoms with Crippen LogP contribution in [0.15, 0.2) is 0 Å². The molecule has 1 aliphatic carbocycles. The molecule has 4 heteroatoms. The van der Waals surface area contributed by atoms with E-state index in [1.165, 1.54) is 38.5 Å². The third kappa shape index (κ3) is 4.45. The van der Waals surface area contributed by atoms with Gasteiger partial charge in [0.25, 0.3) is 0 Å². The quantitative estimate of drug-likeness (QED) is 0.804. The van der Waals surface area contributed by atoms with Crippen molar-refractivity contribution in [2.45, 2.75) is 64.5 Å². The maximum absolute atomic E-state index is 12.4. The maximum atomic E-state index is 12.4. The van der Waals surface area contributed by atoms with E-state index in [2.05, 4.69) is 12.2 Å². The van der Waals surface area contributed by atoms with Gasteiger partial charge in [0.15, 0.2) is 0 Å². The first-order valence-corrected chi connectivity index (χ1v) is 8.33. The lowest BCUT2D eigenvalue weighted by molar-refractivity contribution is -0.137. The maximum Gasteiger partial charge on any atom is 0.239 e. The molecule has 0 aromatic rings. The van der Waals surface area contributed by atoms with Crippen LogP contribution in [0.1, 0.15) is 52.4 Å². The van der Waals surface area contributed by atoms with Gasteiger partial charge in [0.2, 0.25) is 5.91 Å². The Labute approximate surface area is 123 Å². The largest absolute Gasteiger partial charge is 0.378 e. The van der Waals surface area contributed by atoms with E-state index in [0.29, 0.717) is 19.3 Å². The molecule has 2 rings (SSSR count). The van der Waals surface area contributed by atoms with Crippen LogP contribution < -0.4 is 5.32 Å². The van der Waals surface area contributed by atoms with Gasteiger partial charge in [-0.05, 0) is 32.1 Å². The number of morpholine rings is 1. The van der Waals surface area contributed by atoms with Gasteiger partial charge < -0.3 is 15.0 Å². The fourth-order valence-corrected chi connectivity index (χ4v) is 3.44. The number of amides is 1. The number of nitrogens with one attached hydrogen (secondary N) is 1. The number of ether oxygens (including phenoxy) is 1. The van der Waals surface area contributed by atoms with Crippen molar-refractivity contribution in [3.63, 3.8) is 0 Å². The molecule has 1 N–H and O–H groups in total. The van der Waals surface area contributed by atoms with Crippen LogP contribution in [0.3, 0.4) is 0 Å². The summed E-state index contributed by atoms with van der Waals surface area (Å²) in [6.45, 7) is 7.16. The molecule has 1 heterocycles. The Morgan fingerprint density at radius 3 is 2.70 bits per heavy atom. The van der Waals surface area contributed by atoms with E-state index < -0.39 is 0 Å². The Bertz CT molecular complexity index is 303. The molecule has 1 saturated carbocycles. The molecule has 3 atom stereocenters. The summed E-state index contributed by atoms with van der Waals surface area (Å²) in [6, 6.07) is 0.461. The van der Waals surface area contributed by atoms with Gasteiger partial charge in [0.05, 0.1) is 19.3 Å². The van der Waals surface area contributed by atoms with Gasteiger partial charge in [-0.1, -0.05) is 26.2 Å². The minimum Gasteiger partial charge on any atom is -0.378 e. The minimum atomic E-state index is -0.0590. The predicted molar refractivity (Wildman–Crippen MR) is 80.7 cm³/mol. The fraction of sp³-hybridized carbons (Fsp3) is 0.938. The van der Waals surface area contributed by atoms with E-state index in [-0.39, 0.29) is 11.9 Å². The zero-order chi connectivity index (χ0) is 14.4. The summed E-state index contributed by atoms with van der Waals surface area (Å²) in [5, 5.41) is 3.57. The molecule has 116 valence electrons. The van der Waals surface area contributed by atoms with Crippen LogP contribution in [0.25, 0.3) is 0 Å². The highest BCUT2D eigenvalue weighted by Crippen LogP contribution is 2.25. The molecule has 2 fully saturated rings. The molecule has 0 spiro atoms. The first-order chi connectivity index (χ1) is 9.70. The van der Waals surface area contributed by atoms with Crippen molar-refractivity contribution in [2.75, 3.05) is 26.3 Å². The molecule has 0 radical (unpaired) electrons. The van der Waals surface area contributed by atoms with Crippen molar-refractivity contribution < 1.29 is 9.53 Å². The molecule has 2 aliphatic rings. The lowest BCUT2D eigenvalue weighted by Gasteiger charge is -2.31. The Morgan fingerprint density at radius 1 is 1.25 bits per heavy atom. The number of hydrogen-bond donors (Lipinski definition) is 1. The number of carbonyl (C=O) groups is 1. The van der Waals surface area contributed by atoms with Gasteiger partial charge in [-0.3, -0.25) is 4.79 Å². The summed E-state index contributed by atoms with van der Waals surface area (Å²) >= 11 is 0. The van der Waals surface area contributed by atoms with E-state index in [4.69, 9.17) is 4.74 Å². The second-order valence-electron chi connectivity index (χ2n) is 6.31. The number of nitrogens with zero attached hydrogens (tertiary/aromatic N) is 1. The lowest BCUT2D eigenvalue weighted by Crippen LogP contribution is -2.51. The zero-order valence-electron chi connectivity index (χ0n) is 13.1. The van der Waals surface area contributed by atoms with E-state index in [0.717, 1.165) is 19.0 Å². The van der Waals surface area contributed by atoms with Crippen LogP contribution in [0, 0.1) is 5.92 Å². The lowest BCUT2D eigenvalue weighted by atomic mass is 9.98. The molecular formula is C16H30N2O2. The van der Waals surface area contributed by atoms with E-state index in [1.807, 2.05) is 11.8 Å². The molecule has 3 unspecified atom stereocenters. The highest BCUT2D eigenvalue weighted by Gasteiger charge is 2.25. The van der Waals surface area contributed by atoms with E-state index >= 15 is 0 Å². The van der Waals surface area contributed by atoms with E-state index in [1.54, 1.807) is 0 Å². The van der Waals surface area contributed by atoms with Gasteiger partial charge in [0, 0.05) is 19.1 Å². The predicted octanol–water partition coefficient (Wildman–Crippen LogP) is 2.18. The molecule has 1 aliphatic heterocycles. The summed E-state index contributed by atoms with van der Waals surface area (Å²) in [5.74, 6) is 1.14. The van der Waals surface area contributed by atoms with Crippen molar-refractivity contribution in [3.8, 4) is 0 Å². The smallest absolute Gasteiger partial charge is 0.239 e. The summed E-state index contributed by atoms with van der Waals surface area (Å²) in [7, 11) is 0. The summed E-state index contributed by atoms with van der Waals surface area (Å²) in [4.78, 5) is 14.3. The van der Waals surface area contributed by atoms with Gasteiger partial charge in [-0.2, -0.15) is 0 Å². The minimum absolute atomic E-state index is 0.0590. The van der Waals surface area contributed by atoms with Crippen LogP contribution in [0.4, 0.5) is 0 Å². The second-order valence-corrected chi connectivity index (χ2v) is 6.31. The van der Waals surface area contributed by atoms with Gasteiger partial charge in [-0.15, -0.1) is 0 Å². The third-order valence-electron chi connectivity index (χ3n) is 4.84. The van der Waals surface area contributed by atoms with Gasteiger partial charge in [0.1, 0.15) is 0 Å². The summed E-state index contributed by atoms with van der Waals surface area (Å²) < 4.78 is 5.31.